The lowest BCUT2D eigenvalue weighted by Crippen LogP contribution is -2.69. The second-order valence-electron chi connectivity index (χ2n) is 15.9. The summed E-state index contributed by atoms with van der Waals surface area (Å²) >= 11 is 0. The Morgan fingerprint density at radius 1 is 0.833 bits per heavy atom. The molecule has 15 atom stereocenters. The monoisotopic (exact) mass is 759 g/mol. The molecule has 7 rings (SSSR count). The van der Waals surface area contributed by atoms with Crippen LogP contribution in [0, 0.1) is 5.92 Å². The Morgan fingerprint density at radius 2 is 1.48 bits per heavy atom. The number of ketones is 3. The number of ether oxygens (including phenoxy) is 5. The van der Waals surface area contributed by atoms with Gasteiger partial charge >= 0.3 is 0 Å². The van der Waals surface area contributed by atoms with Crippen molar-refractivity contribution in [2.75, 3.05) is 14.1 Å². The Kier molecular flexibility index (Phi) is 10.3. The summed E-state index contributed by atoms with van der Waals surface area (Å²) < 4.78 is 30.5. The molecule has 296 valence electrons. The number of allylic oxidation sites excluding steroid dienone is 2. The molecule has 3 heterocycles. The molecule has 16 heteroatoms. The van der Waals surface area contributed by atoms with Gasteiger partial charge in [0, 0.05) is 42.4 Å². The Labute approximate surface area is 311 Å². The summed E-state index contributed by atoms with van der Waals surface area (Å²) in [6, 6.07) is 2.68. The van der Waals surface area contributed by atoms with Crippen molar-refractivity contribution < 1.29 is 73.8 Å². The van der Waals surface area contributed by atoms with E-state index in [4.69, 9.17) is 23.7 Å². The number of carbonyl (C=O) groups is 3. The number of aliphatic hydroxyl groups excluding tert-OH is 5. The maximum absolute atomic E-state index is 14.4. The van der Waals surface area contributed by atoms with Gasteiger partial charge in [-0.2, -0.15) is 0 Å². The lowest BCUT2D eigenvalue weighted by molar-refractivity contribution is -0.347. The highest BCUT2D eigenvalue weighted by Crippen LogP contribution is 2.53. The number of rotatable bonds is 6. The molecule has 0 aromatic heterocycles. The Balaban J connectivity index is 1.19. The van der Waals surface area contributed by atoms with Crippen LogP contribution in [0.15, 0.2) is 35.4 Å². The number of carbonyl (C=O) groups excluding carboxylic acids is 3. The number of fused-ring (bicyclic) bond motifs is 3. The van der Waals surface area contributed by atoms with Gasteiger partial charge in [-0.1, -0.05) is 19.1 Å². The highest BCUT2D eigenvalue weighted by atomic mass is 16.7. The van der Waals surface area contributed by atoms with E-state index in [1.807, 2.05) is 0 Å². The topological polar surface area (TPSA) is 242 Å². The second-order valence-corrected chi connectivity index (χ2v) is 15.9. The van der Waals surface area contributed by atoms with Crippen molar-refractivity contribution in [1.29, 1.82) is 0 Å². The highest BCUT2D eigenvalue weighted by molar-refractivity contribution is 6.31. The van der Waals surface area contributed by atoms with Crippen molar-refractivity contribution in [2.45, 2.75) is 138 Å². The maximum Gasteiger partial charge on any atom is 0.198 e. The van der Waals surface area contributed by atoms with Gasteiger partial charge in [0.25, 0.3) is 0 Å². The fourth-order valence-corrected chi connectivity index (χ4v) is 8.93. The normalized spacial score (nSPS) is 43.9. The van der Waals surface area contributed by atoms with E-state index in [-0.39, 0.29) is 60.3 Å². The number of hydrogen-bond donors (Lipinski definition) is 7. The highest BCUT2D eigenvalue weighted by Gasteiger charge is 2.66. The lowest BCUT2D eigenvalue weighted by atomic mass is 9.58. The largest absolute Gasteiger partial charge is 0.507 e. The molecule has 54 heavy (non-hydrogen) atoms. The number of aliphatic hydroxyl groups is 6. The Morgan fingerprint density at radius 3 is 2.13 bits per heavy atom. The van der Waals surface area contributed by atoms with Gasteiger partial charge in [0.15, 0.2) is 35.5 Å². The van der Waals surface area contributed by atoms with Crippen LogP contribution in [0.3, 0.4) is 0 Å². The Bertz CT molecular complexity index is 1740. The van der Waals surface area contributed by atoms with E-state index >= 15 is 0 Å². The number of benzene rings is 1. The number of phenols is 1. The van der Waals surface area contributed by atoms with E-state index in [1.165, 1.54) is 24.3 Å². The molecule has 4 fully saturated rings. The number of hydrogen-bond acceptors (Lipinski definition) is 16. The summed E-state index contributed by atoms with van der Waals surface area (Å²) in [4.78, 5) is 44.3. The fourth-order valence-electron chi connectivity index (χ4n) is 8.93. The van der Waals surface area contributed by atoms with Gasteiger partial charge in [-0.15, -0.1) is 0 Å². The summed E-state index contributed by atoms with van der Waals surface area (Å²) in [5.74, 6) is -3.33. The predicted octanol–water partition coefficient (Wildman–Crippen LogP) is -0.0683. The van der Waals surface area contributed by atoms with Gasteiger partial charge in [0.1, 0.15) is 35.9 Å². The zero-order valence-corrected chi connectivity index (χ0v) is 30.7. The van der Waals surface area contributed by atoms with Crippen molar-refractivity contribution >= 4 is 17.3 Å². The number of Topliss-reactive ketones (excluding diaryl/α,β-unsaturated/α-hetero) is 3. The quantitative estimate of drug-likeness (QED) is 0.201. The molecule has 1 aromatic rings. The summed E-state index contributed by atoms with van der Waals surface area (Å²) in [5, 5.41) is 76.4. The first-order valence-corrected chi connectivity index (χ1v) is 18.4. The Hall–Kier alpha value is -2.97. The first-order valence-electron chi connectivity index (χ1n) is 18.4. The van der Waals surface area contributed by atoms with Crippen molar-refractivity contribution in [3.05, 3.63) is 52.1 Å². The molecular formula is C38H49NO15. The summed E-state index contributed by atoms with van der Waals surface area (Å²) in [7, 11) is 3.35. The van der Waals surface area contributed by atoms with E-state index in [0.717, 1.165) is 0 Å². The molecule has 6 aliphatic rings. The zero-order chi connectivity index (χ0) is 39.2. The molecule has 15 unspecified atom stereocenters. The van der Waals surface area contributed by atoms with E-state index in [1.54, 1.807) is 39.8 Å². The minimum absolute atomic E-state index is 0.0307. The van der Waals surface area contributed by atoms with Crippen molar-refractivity contribution in [1.82, 2.24) is 4.90 Å². The molecule has 3 saturated heterocycles. The van der Waals surface area contributed by atoms with Crippen molar-refractivity contribution in [2.24, 2.45) is 5.92 Å². The third kappa shape index (κ3) is 6.20. The van der Waals surface area contributed by atoms with Gasteiger partial charge in [0.2, 0.25) is 0 Å². The van der Waals surface area contributed by atoms with Crippen LogP contribution in [0.5, 0.6) is 5.75 Å². The molecular weight excluding hydrogens is 710 g/mol. The van der Waals surface area contributed by atoms with E-state index in [0.29, 0.717) is 0 Å². The van der Waals surface area contributed by atoms with Gasteiger partial charge in [0.05, 0.1) is 47.8 Å². The summed E-state index contributed by atoms with van der Waals surface area (Å²) in [6.45, 7) is 4.93. The first kappa shape index (κ1) is 39.3. The van der Waals surface area contributed by atoms with Crippen molar-refractivity contribution in [3.8, 4) is 5.75 Å². The smallest absolute Gasteiger partial charge is 0.198 e. The van der Waals surface area contributed by atoms with Crippen molar-refractivity contribution in [3.63, 3.8) is 0 Å². The average molecular weight is 760 g/mol. The summed E-state index contributed by atoms with van der Waals surface area (Å²) in [6.07, 6.45) is -10.2. The predicted molar refractivity (Wildman–Crippen MR) is 184 cm³/mol. The van der Waals surface area contributed by atoms with Gasteiger partial charge in [-0.25, -0.2) is 0 Å². The van der Waals surface area contributed by atoms with Crippen LogP contribution in [0.1, 0.15) is 85.3 Å². The lowest BCUT2D eigenvalue weighted by Gasteiger charge is -2.54. The SMILES string of the molecule is CC1CC(=O)C2(O)C3=C(C=CC2(OC2CC(O)C(OC4CC(O)C(O)C(C)O4)C(N(C)C)O2)C1)C(=O)c1c(ccc(C2CC(O)C(O)C(C)O2)c1O)C3=O. The van der Waals surface area contributed by atoms with Crippen LogP contribution < -0.4 is 0 Å². The number of phenolic OH excluding ortho intramolecular Hbond substituents is 1. The maximum atomic E-state index is 14.4. The molecule has 7 N–H and O–H groups in total. The number of aromatic hydroxyl groups is 1. The van der Waals surface area contributed by atoms with Gasteiger partial charge in [-0.05, 0) is 52.4 Å². The molecule has 1 aromatic carbocycles. The second kappa shape index (κ2) is 14.2. The van der Waals surface area contributed by atoms with Crippen LogP contribution in [0.25, 0.3) is 0 Å². The van der Waals surface area contributed by atoms with Crippen LogP contribution in [-0.2, 0) is 28.5 Å². The van der Waals surface area contributed by atoms with Gasteiger partial charge in [-0.3, -0.25) is 19.3 Å². The van der Waals surface area contributed by atoms with Crippen LogP contribution in [0.2, 0.25) is 0 Å². The van der Waals surface area contributed by atoms with E-state index in [9.17, 15) is 50.1 Å². The molecule has 3 aliphatic heterocycles. The standard InChI is InChI=1S/C38H49NO15/c1-15-10-25(43)38(49)29-20(33(47)28-19(34(29)48)7-6-18(32(28)46)24-11-21(40)30(44)16(2)50-24)8-9-37(38,14-15)54-27-13-23(42)35(36(53-27)39(4)5)52-26-12-22(41)31(45)17(3)51-26/h6-9,15-17,21-24,26-27,30-31,35-36,40-42,44-46,49H,10-14H2,1-5H3. The van der Waals surface area contributed by atoms with Crippen LogP contribution in [-0.4, -0.2) is 151 Å². The average Bonchev–Trinajstić information content (AvgIpc) is 3.09. The number of likely N-dealkylation sites (N-methyl/N-ethyl adjacent to an activating group) is 1. The zero-order valence-electron chi connectivity index (χ0n) is 30.7. The van der Waals surface area contributed by atoms with Crippen LogP contribution >= 0.6 is 0 Å². The van der Waals surface area contributed by atoms with E-state index < -0.39 is 114 Å². The number of nitrogens with zero attached hydrogens (tertiary/aromatic N) is 1. The third-order valence-corrected chi connectivity index (χ3v) is 11.8. The molecule has 0 amide bonds. The summed E-state index contributed by atoms with van der Waals surface area (Å²) in [5.41, 5.74) is -5.83. The van der Waals surface area contributed by atoms with E-state index in [2.05, 4.69) is 0 Å². The minimum atomic E-state index is -2.66. The molecule has 0 radical (unpaired) electrons. The van der Waals surface area contributed by atoms with Gasteiger partial charge < -0.3 is 59.4 Å². The molecule has 0 bridgehead atoms. The molecule has 0 spiro atoms. The third-order valence-electron chi connectivity index (χ3n) is 11.8. The fraction of sp³-hybridized carbons (Fsp3) is 0.658. The molecule has 3 aliphatic carbocycles. The molecule has 1 saturated carbocycles. The molecule has 16 nitrogen and oxygen atoms in total. The van der Waals surface area contributed by atoms with Crippen LogP contribution in [0.4, 0.5) is 0 Å². The first-order chi connectivity index (χ1) is 25.4. The minimum Gasteiger partial charge on any atom is -0.507 e.